The van der Waals surface area contributed by atoms with Crippen LogP contribution >= 0.6 is 0 Å². The van der Waals surface area contributed by atoms with E-state index in [9.17, 15) is 9.59 Å². The smallest absolute Gasteiger partial charge is 0.250 e. The van der Waals surface area contributed by atoms with Crippen LogP contribution in [0.4, 0.5) is 5.82 Å². The SMILES string of the molecule is Cc1cc(N2CCC(NC(=O)Cc3noc4ccccc34)C2=O)n(C)n1. The Morgan fingerprint density at radius 2 is 2.19 bits per heavy atom. The molecule has 0 radical (unpaired) electrons. The highest BCUT2D eigenvalue weighted by Gasteiger charge is 2.35. The van der Waals surface area contributed by atoms with E-state index in [1.165, 1.54) is 0 Å². The zero-order valence-corrected chi connectivity index (χ0v) is 14.6. The van der Waals surface area contributed by atoms with Crippen molar-refractivity contribution in [3.8, 4) is 0 Å². The van der Waals surface area contributed by atoms with Gasteiger partial charge in [-0.3, -0.25) is 19.2 Å². The predicted molar refractivity (Wildman–Crippen MR) is 94.6 cm³/mol. The van der Waals surface area contributed by atoms with E-state index in [0.29, 0.717) is 24.2 Å². The van der Waals surface area contributed by atoms with E-state index in [1.807, 2.05) is 31.2 Å². The molecule has 3 heterocycles. The molecule has 1 aromatic carbocycles. The topological polar surface area (TPSA) is 93.3 Å². The summed E-state index contributed by atoms with van der Waals surface area (Å²) in [6.45, 7) is 2.43. The number of para-hydroxylation sites is 1. The first kappa shape index (κ1) is 16.3. The quantitative estimate of drug-likeness (QED) is 0.764. The van der Waals surface area contributed by atoms with E-state index >= 15 is 0 Å². The number of benzene rings is 1. The molecule has 134 valence electrons. The molecule has 26 heavy (non-hydrogen) atoms. The number of hydrogen-bond donors (Lipinski definition) is 1. The Bertz CT molecular complexity index is 990. The van der Waals surface area contributed by atoms with E-state index in [2.05, 4.69) is 15.6 Å². The van der Waals surface area contributed by atoms with Gasteiger partial charge in [-0.05, 0) is 25.5 Å². The highest BCUT2D eigenvalue weighted by atomic mass is 16.5. The normalized spacial score (nSPS) is 17.2. The molecule has 8 nitrogen and oxygen atoms in total. The molecule has 2 amide bonds. The third-order valence-corrected chi connectivity index (χ3v) is 4.57. The number of carbonyl (C=O) groups excluding carboxylic acids is 2. The highest BCUT2D eigenvalue weighted by molar-refractivity contribution is 6.01. The Morgan fingerprint density at radius 1 is 1.38 bits per heavy atom. The molecule has 8 heteroatoms. The van der Waals surface area contributed by atoms with Crippen molar-refractivity contribution in [2.75, 3.05) is 11.4 Å². The Balaban J connectivity index is 1.43. The van der Waals surface area contributed by atoms with Gasteiger partial charge >= 0.3 is 0 Å². The number of rotatable bonds is 4. The first-order valence-corrected chi connectivity index (χ1v) is 8.47. The molecule has 0 bridgehead atoms. The minimum Gasteiger partial charge on any atom is -0.356 e. The Kier molecular flexibility index (Phi) is 3.95. The Labute approximate surface area is 149 Å². The lowest BCUT2D eigenvalue weighted by Gasteiger charge is -2.16. The maximum Gasteiger partial charge on any atom is 0.250 e. The monoisotopic (exact) mass is 353 g/mol. The predicted octanol–water partition coefficient (Wildman–Crippen LogP) is 1.33. The van der Waals surface area contributed by atoms with Gasteiger partial charge in [0.05, 0.1) is 12.1 Å². The van der Waals surface area contributed by atoms with Gasteiger partial charge in [0.25, 0.3) is 5.91 Å². The molecular formula is C18H19N5O3. The summed E-state index contributed by atoms with van der Waals surface area (Å²) in [6, 6.07) is 8.72. The van der Waals surface area contributed by atoms with E-state index in [1.54, 1.807) is 22.7 Å². The van der Waals surface area contributed by atoms with Gasteiger partial charge in [-0.15, -0.1) is 0 Å². The summed E-state index contributed by atoms with van der Waals surface area (Å²) in [5, 5.41) is 11.9. The number of amides is 2. The average molecular weight is 353 g/mol. The standard InChI is InChI=1S/C18H19N5O3/c1-11-9-17(22(2)20-11)23-8-7-13(18(23)25)19-16(24)10-14-12-5-3-4-6-15(12)26-21-14/h3-6,9,13H,7-8,10H2,1-2H3,(H,19,24). The van der Waals surface area contributed by atoms with Crippen molar-refractivity contribution in [1.29, 1.82) is 0 Å². The molecule has 4 rings (SSSR count). The fourth-order valence-corrected chi connectivity index (χ4v) is 3.35. The van der Waals surface area contributed by atoms with E-state index in [0.717, 1.165) is 16.9 Å². The van der Waals surface area contributed by atoms with Crippen molar-refractivity contribution >= 4 is 28.6 Å². The van der Waals surface area contributed by atoms with Gasteiger partial charge in [0.1, 0.15) is 17.6 Å². The van der Waals surface area contributed by atoms with Gasteiger partial charge in [-0.2, -0.15) is 5.10 Å². The van der Waals surface area contributed by atoms with Gasteiger partial charge in [0.2, 0.25) is 5.91 Å². The maximum absolute atomic E-state index is 12.7. The molecule has 1 unspecified atom stereocenters. The summed E-state index contributed by atoms with van der Waals surface area (Å²) in [4.78, 5) is 26.7. The van der Waals surface area contributed by atoms with Crippen molar-refractivity contribution in [3.05, 3.63) is 41.7 Å². The third-order valence-electron chi connectivity index (χ3n) is 4.57. The number of hydrogen-bond acceptors (Lipinski definition) is 5. The molecule has 0 saturated carbocycles. The summed E-state index contributed by atoms with van der Waals surface area (Å²) in [7, 11) is 1.80. The first-order chi connectivity index (χ1) is 12.5. The third kappa shape index (κ3) is 2.83. The molecule has 0 spiro atoms. The fourth-order valence-electron chi connectivity index (χ4n) is 3.35. The molecular weight excluding hydrogens is 334 g/mol. The van der Waals surface area contributed by atoms with Crippen molar-refractivity contribution in [3.63, 3.8) is 0 Å². The number of fused-ring (bicyclic) bond motifs is 1. The van der Waals surface area contributed by atoms with Crippen LogP contribution in [0.3, 0.4) is 0 Å². The minimum absolute atomic E-state index is 0.0750. The van der Waals surface area contributed by atoms with Crippen LogP contribution in [0.1, 0.15) is 17.8 Å². The van der Waals surface area contributed by atoms with E-state index in [-0.39, 0.29) is 18.2 Å². The largest absolute Gasteiger partial charge is 0.356 e. The van der Waals surface area contributed by atoms with Crippen molar-refractivity contribution in [2.45, 2.75) is 25.8 Å². The Morgan fingerprint density at radius 3 is 2.96 bits per heavy atom. The molecule has 1 aliphatic heterocycles. The Hall–Kier alpha value is -3.16. The summed E-state index contributed by atoms with van der Waals surface area (Å²) in [5.74, 6) is 0.378. The van der Waals surface area contributed by atoms with Crippen molar-refractivity contribution in [2.24, 2.45) is 7.05 Å². The van der Waals surface area contributed by atoms with Gasteiger partial charge < -0.3 is 9.84 Å². The van der Waals surface area contributed by atoms with Gasteiger partial charge in [-0.1, -0.05) is 17.3 Å². The number of anilines is 1. The summed E-state index contributed by atoms with van der Waals surface area (Å²) >= 11 is 0. The highest BCUT2D eigenvalue weighted by Crippen LogP contribution is 2.22. The van der Waals surface area contributed by atoms with Crippen LogP contribution in [0.15, 0.2) is 34.9 Å². The number of nitrogens with zero attached hydrogens (tertiary/aromatic N) is 4. The van der Waals surface area contributed by atoms with Crippen LogP contribution in [-0.2, 0) is 23.1 Å². The zero-order valence-electron chi connectivity index (χ0n) is 14.6. The van der Waals surface area contributed by atoms with E-state index in [4.69, 9.17) is 4.52 Å². The van der Waals surface area contributed by atoms with Gasteiger partial charge in [0.15, 0.2) is 5.58 Å². The molecule has 3 aromatic rings. The maximum atomic E-state index is 12.7. The molecule has 1 saturated heterocycles. The summed E-state index contributed by atoms with van der Waals surface area (Å²) < 4.78 is 6.90. The molecule has 0 aliphatic carbocycles. The van der Waals surface area contributed by atoms with Crippen molar-refractivity contribution in [1.82, 2.24) is 20.3 Å². The lowest BCUT2D eigenvalue weighted by Crippen LogP contribution is -2.42. The van der Waals surface area contributed by atoms with Crippen molar-refractivity contribution < 1.29 is 14.1 Å². The van der Waals surface area contributed by atoms with Crippen LogP contribution in [0.5, 0.6) is 0 Å². The van der Waals surface area contributed by atoms with E-state index < -0.39 is 6.04 Å². The number of carbonyl (C=O) groups is 2. The molecule has 2 aromatic heterocycles. The average Bonchev–Trinajstić information content (AvgIpc) is 3.27. The molecule has 1 fully saturated rings. The number of aryl methyl sites for hydroxylation is 2. The molecule has 1 N–H and O–H groups in total. The van der Waals surface area contributed by atoms with Gasteiger partial charge in [-0.25, -0.2) is 0 Å². The van der Waals surface area contributed by atoms with Gasteiger partial charge in [0, 0.05) is 25.0 Å². The minimum atomic E-state index is -0.532. The molecule has 1 aliphatic rings. The lowest BCUT2D eigenvalue weighted by molar-refractivity contribution is -0.126. The molecule has 1 atom stereocenters. The summed E-state index contributed by atoms with van der Waals surface area (Å²) in [5.41, 5.74) is 2.06. The van der Waals surface area contributed by atoms with Crippen LogP contribution < -0.4 is 10.2 Å². The van der Waals surface area contributed by atoms with Crippen LogP contribution in [0.2, 0.25) is 0 Å². The second-order valence-corrected chi connectivity index (χ2v) is 6.47. The zero-order chi connectivity index (χ0) is 18.3. The van der Waals surface area contributed by atoms with Crippen LogP contribution in [-0.4, -0.2) is 39.3 Å². The number of nitrogens with one attached hydrogen (secondary N) is 1. The van der Waals surface area contributed by atoms with Crippen LogP contribution in [0.25, 0.3) is 11.0 Å². The lowest BCUT2D eigenvalue weighted by atomic mass is 10.1. The van der Waals surface area contributed by atoms with Crippen LogP contribution in [0, 0.1) is 6.92 Å². The number of aromatic nitrogens is 3. The second-order valence-electron chi connectivity index (χ2n) is 6.47. The first-order valence-electron chi connectivity index (χ1n) is 8.47. The second kappa shape index (κ2) is 6.29. The summed E-state index contributed by atoms with van der Waals surface area (Å²) in [6.07, 6.45) is 0.639. The fraction of sp³-hybridized carbons (Fsp3) is 0.333.